The van der Waals surface area contributed by atoms with Crippen LogP contribution < -0.4 is 5.32 Å². The highest BCUT2D eigenvalue weighted by Gasteiger charge is 2.24. The number of hydrogen-bond acceptors (Lipinski definition) is 3. The van der Waals surface area contributed by atoms with Gasteiger partial charge in [0, 0.05) is 53.1 Å². The van der Waals surface area contributed by atoms with Gasteiger partial charge < -0.3 is 10.3 Å². The molecule has 0 radical (unpaired) electrons. The lowest BCUT2D eigenvalue weighted by Crippen LogP contribution is -2.38. The molecule has 0 saturated carbocycles. The molecule has 0 aromatic carbocycles. The number of carbonyl (C=O) groups excluding carboxylic acids is 1. The molecular weight excluding hydrogens is 324 g/mol. The van der Waals surface area contributed by atoms with Crippen LogP contribution in [-0.2, 0) is 6.42 Å². The van der Waals surface area contributed by atoms with Crippen LogP contribution in [0.5, 0.6) is 0 Å². The number of pyridine rings is 2. The Morgan fingerprint density at radius 1 is 1.12 bits per heavy atom. The SMILES string of the molecule is CC(C)c1ccc(-c2cc(-c3cc4c([nH]3)C[C@@H](C)NC4=O)ccn2)cn1. The summed E-state index contributed by atoms with van der Waals surface area (Å²) >= 11 is 0. The third-order valence-corrected chi connectivity index (χ3v) is 4.78. The van der Waals surface area contributed by atoms with Crippen molar-refractivity contribution in [2.45, 2.75) is 39.2 Å². The number of H-pyrrole nitrogens is 1. The first-order valence-electron chi connectivity index (χ1n) is 8.97. The number of aromatic nitrogens is 3. The Balaban J connectivity index is 1.68. The van der Waals surface area contributed by atoms with Gasteiger partial charge in [-0.15, -0.1) is 0 Å². The van der Waals surface area contributed by atoms with Gasteiger partial charge >= 0.3 is 0 Å². The normalized spacial score (nSPS) is 16.5. The average molecular weight is 346 g/mol. The standard InChI is InChI=1S/C21H22N4O/c1-12(2)17-5-4-15(11-23-17)18-9-14(6-7-22-18)19-10-16-20(25-19)8-13(3)24-21(16)26/h4-7,9-13,25H,8H2,1-3H3,(H,24,26)/t13-/m1/s1. The van der Waals surface area contributed by atoms with E-state index in [0.29, 0.717) is 5.92 Å². The minimum Gasteiger partial charge on any atom is -0.358 e. The topological polar surface area (TPSA) is 70.7 Å². The van der Waals surface area contributed by atoms with E-state index in [-0.39, 0.29) is 11.9 Å². The molecule has 4 heterocycles. The van der Waals surface area contributed by atoms with Gasteiger partial charge in [0.1, 0.15) is 0 Å². The summed E-state index contributed by atoms with van der Waals surface area (Å²) in [6.07, 6.45) is 4.49. The fraction of sp³-hybridized carbons (Fsp3) is 0.286. The van der Waals surface area contributed by atoms with Gasteiger partial charge in [0.25, 0.3) is 5.91 Å². The van der Waals surface area contributed by atoms with Crippen LogP contribution in [0.25, 0.3) is 22.5 Å². The van der Waals surface area contributed by atoms with Crippen molar-refractivity contribution in [3.63, 3.8) is 0 Å². The van der Waals surface area contributed by atoms with Crippen molar-refractivity contribution in [3.05, 3.63) is 59.7 Å². The van der Waals surface area contributed by atoms with Crippen molar-refractivity contribution in [1.29, 1.82) is 0 Å². The molecule has 3 aromatic heterocycles. The molecule has 0 spiro atoms. The van der Waals surface area contributed by atoms with Crippen molar-refractivity contribution in [2.75, 3.05) is 0 Å². The molecule has 3 aromatic rings. The lowest BCUT2D eigenvalue weighted by Gasteiger charge is -2.19. The lowest BCUT2D eigenvalue weighted by atomic mass is 10.0. The van der Waals surface area contributed by atoms with E-state index in [1.807, 2.05) is 37.4 Å². The van der Waals surface area contributed by atoms with E-state index in [9.17, 15) is 4.79 Å². The highest BCUT2D eigenvalue weighted by molar-refractivity contribution is 5.98. The Bertz CT molecular complexity index is 956. The van der Waals surface area contributed by atoms with Gasteiger partial charge in [0.05, 0.1) is 11.3 Å². The fourth-order valence-electron chi connectivity index (χ4n) is 3.33. The maximum atomic E-state index is 12.2. The molecule has 5 heteroatoms. The third-order valence-electron chi connectivity index (χ3n) is 4.78. The Morgan fingerprint density at radius 2 is 1.96 bits per heavy atom. The molecule has 1 atom stereocenters. The quantitative estimate of drug-likeness (QED) is 0.755. The van der Waals surface area contributed by atoms with Crippen LogP contribution in [0.1, 0.15) is 48.4 Å². The number of hydrogen-bond donors (Lipinski definition) is 2. The molecule has 0 saturated heterocycles. The second-order valence-electron chi connectivity index (χ2n) is 7.21. The zero-order chi connectivity index (χ0) is 18.3. The van der Waals surface area contributed by atoms with E-state index < -0.39 is 0 Å². The van der Waals surface area contributed by atoms with Crippen LogP contribution in [-0.4, -0.2) is 26.9 Å². The van der Waals surface area contributed by atoms with Crippen LogP contribution in [0.2, 0.25) is 0 Å². The third kappa shape index (κ3) is 3.01. The number of amides is 1. The molecule has 1 aliphatic heterocycles. The Morgan fingerprint density at radius 3 is 2.69 bits per heavy atom. The monoisotopic (exact) mass is 346 g/mol. The van der Waals surface area contributed by atoms with E-state index in [2.05, 4.69) is 40.2 Å². The second-order valence-corrected chi connectivity index (χ2v) is 7.21. The minimum absolute atomic E-state index is 0.0102. The van der Waals surface area contributed by atoms with Gasteiger partial charge in [0.2, 0.25) is 0 Å². The smallest absolute Gasteiger partial charge is 0.253 e. The Hall–Kier alpha value is -2.95. The summed E-state index contributed by atoms with van der Waals surface area (Å²) in [5.41, 5.74) is 6.61. The van der Waals surface area contributed by atoms with E-state index in [0.717, 1.165) is 45.9 Å². The molecule has 0 bridgehead atoms. The molecule has 0 aliphatic carbocycles. The van der Waals surface area contributed by atoms with Crippen molar-refractivity contribution < 1.29 is 4.79 Å². The molecule has 5 nitrogen and oxygen atoms in total. The van der Waals surface area contributed by atoms with E-state index in [1.165, 1.54) is 0 Å². The second kappa shape index (κ2) is 6.41. The molecule has 2 N–H and O–H groups in total. The fourth-order valence-corrected chi connectivity index (χ4v) is 3.33. The molecule has 1 aliphatic rings. The first-order chi connectivity index (χ1) is 12.5. The molecule has 1 amide bonds. The average Bonchev–Trinajstić information content (AvgIpc) is 3.06. The summed E-state index contributed by atoms with van der Waals surface area (Å²) in [5, 5.41) is 2.97. The van der Waals surface area contributed by atoms with Crippen molar-refractivity contribution in [2.24, 2.45) is 0 Å². The number of nitrogens with one attached hydrogen (secondary N) is 2. The van der Waals surface area contributed by atoms with Crippen LogP contribution in [0.15, 0.2) is 42.7 Å². The number of fused-ring (bicyclic) bond motifs is 1. The van der Waals surface area contributed by atoms with Gasteiger partial charge in [0.15, 0.2) is 0 Å². The summed E-state index contributed by atoms with van der Waals surface area (Å²) in [7, 11) is 0. The van der Waals surface area contributed by atoms with Gasteiger partial charge in [-0.1, -0.05) is 13.8 Å². The largest absolute Gasteiger partial charge is 0.358 e. The van der Waals surface area contributed by atoms with Crippen molar-refractivity contribution >= 4 is 5.91 Å². The van der Waals surface area contributed by atoms with Gasteiger partial charge in [-0.05, 0) is 43.2 Å². The van der Waals surface area contributed by atoms with Gasteiger partial charge in [-0.3, -0.25) is 14.8 Å². The Kier molecular flexibility index (Phi) is 4.07. The molecule has 26 heavy (non-hydrogen) atoms. The van der Waals surface area contributed by atoms with Crippen LogP contribution in [0.3, 0.4) is 0 Å². The molecular formula is C21H22N4O. The predicted molar refractivity (Wildman–Crippen MR) is 102 cm³/mol. The lowest BCUT2D eigenvalue weighted by molar-refractivity contribution is 0.0929. The first-order valence-corrected chi connectivity index (χ1v) is 8.97. The van der Waals surface area contributed by atoms with Gasteiger partial charge in [-0.25, -0.2) is 0 Å². The summed E-state index contributed by atoms with van der Waals surface area (Å²) in [6.45, 7) is 6.27. The first kappa shape index (κ1) is 16.5. The van der Waals surface area contributed by atoms with E-state index >= 15 is 0 Å². The zero-order valence-electron chi connectivity index (χ0n) is 15.2. The zero-order valence-corrected chi connectivity index (χ0v) is 15.2. The summed E-state index contributed by atoms with van der Waals surface area (Å²) < 4.78 is 0. The van der Waals surface area contributed by atoms with Crippen molar-refractivity contribution in [1.82, 2.24) is 20.3 Å². The molecule has 0 unspecified atom stereocenters. The maximum absolute atomic E-state index is 12.2. The van der Waals surface area contributed by atoms with Crippen LogP contribution >= 0.6 is 0 Å². The number of carbonyl (C=O) groups is 1. The highest BCUT2D eigenvalue weighted by Crippen LogP contribution is 2.28. The van der Waals surface area contributed by atoms with Gasteiger partial charge in [-0.2, -0.15) is 0 Å². The van der Waals surface area contributed by atoms with Crippen LogP contribution in [0.4, 0.5) is 0 Å². The predicted octanol–water partition coefficient (Wildman–Crippen LogP) is 3.94. The molecule has 0 fully saturated rings. The highest BCUT2D eigenvalue weighted by atomic mass is 16.1. The number of aromatic amines is 1. The molecule has 4 rings (SSSR count). The van der Waals surface area contributed by atoms with E-state index in [4.69, 9.17) is 0 Å². The summed E-state index contributed by atoms with van der Waals surface area (Å²) in [5.74, 6) is 0.395. The maximum Gasteiger partial charge on any atom is 0.253 e. The molecule has 132 valence electrons. The van der Waals surface area contributed by atoms with E-state index in [1.54, 1.807) is 6.20 Å². The van der Waals surface area contributed by atoms with Crippen molar-refractivity contribution in [3.8, 4) is 22.5 Å². The minimum atomic E-state index is -0.0102. The number of nitrogens with zero attached hydrogens (tertiary/aromatic N) is 2. The Labute approximate surface area is 152 Å². The summed E-state index contributed by atoms with van der Waals surface area (Å²) in [4.78, 5) is 24.6. The summed E-state index contributed by atoms with van der Waals surface area (Å²) in [6, 6.07) is 10.2. The number of rotatable bonds is 3. The van der Waals surface area contributed by atoms with Crippen LogP contribution in [0, 0.1) is 0 Å².